The van der Waals surface area contributed by atoms with Crippen LogP contribution >= 0.6 is 0 Å². The third-order valence-electron chi connectivity index (χ3n) is 0.929. The Labute approximate surface area is 72.4 Å². The number of alkyl halides is 3. The highest BCUT2D eigenvalue weighted by Gasteiger charge is 2.27. The molecule has 0 fully saturated rings. The molecule has 0 rings (SSSR count). The molecule has 0 aliphatic heterocycles. The van der Waals surface area contributed by atoms with Crippen LogP contribution in [0.15, 0.2) is 0 Å². The second-order valence-corrected chi connectivity index (χ2v) is 2.07. The molecule has 0 aromatic carbocycles. The van der Waals surface area contributed by atoms with Gasteiger partial charge in [0.2, 0.25) is 0 Å². The number of nitrogens with two attached hydrogens (primary N) is 1. The Morgan fingerprint density at radius 1 is 1.46 bits per heavy atom. The Bertz CT molecular complexity index is 162. The monoisotopic (exact) mass is 201 g/mol. The zero-order valence-electron chi connectivity index (χ0n) is 6.65. The van der Waals surface area contributed by atoms with Crippen LogP contribution in [0.3, 0.4) is 0 Å². The molecule has 0 bridgehead atoms. The van der Waals surface area contributed by atoms with Gasteiger partial charge in [-0.05, 0) is 0 Å². The van der Waals surface area contributed by atoms with Crippen LogP contribution in [-0.2, 0) is 4.74 Å². The van der Waals surface area contributed by atoms with E-state index in [2.05, 4.69) is 15.9 Å². The van der Waals surface area contributed by atoms with Crippen molar-refractivity contribution >= 4 is 6.03 Å². The topological polar surface area (TPSA) is 76.4 Å². The van der Waals surface area contributed by atoms with Crippen molar-refractivity contribution in [1.29, 1.82) is 0 Å². The van der Waals surface area contributed by atoms with Gasteiger partial charge in [0.15, 0.2) is 0 Å². The Kier molecular flexibility index (Phi) is 5.16. The van der Waals surface area contributed by atoms with E-state index in [0.717, 1.165) is 0 Å². The largest absolute Gasteiger partial charge is 0.411 e. The second kappa shape index (κ2) is 5.60. The van der Waals surface area contributed by atoms with E-state index in [0.29, 0.717) is 0 Å². The minimum Gasteiger partial charge on any atom is -0.370 e. The first-order valence-electron chi connectivity index (χ1n) is 3.34. The van der Waals surface area contributed by atoms with Crippen molar-refractivity contribution < 1.29 is 22.7 Å². The molecule has 0 aliphatic rings. The highest BCUT2D eigenvalue weighted by molar-refractivity contribution is 5.72. The molecular formula is C5H10F3N3O2. The van der Waals surface area contributed by atoms with Crippen molar-refractivity contribution in [2.24, 2.45) is 5.84 Å². The van der Waals surface area contributed by atoms with Crippen LogP contribution in [0.25, 0.3) is 0 Å². The fourth-order valence-corrected chi connectivity index (χ4v) is 0.476. The zero-order chi connectivity index (χ0) is 10.3. The van der Waals surface area contributed by atoms with Gasteiger partial charge in [-0.3, -0.25) is 5.43 Å². The highest BCUT2D eigenvalue weighted by atomic mass is 19.4. The maximum atomic E-state index is 11.5. The molecule has 4 N–H and O–H groups in total. The lowest BCUT2D eigenvalue weighted by Crippen LogP contribution is -2.41. The molecule has 5 nitrogen and oxygen atoms in total. The zero-order valence-corrected chi connectivity index (χ0v) is 6.65. The SMILES string of the molecule is NNC(=O)NCCOCC(F)(F)F. The summed E-state index contributed by atoms with van der Waals surface area (Å²) in [5.74, 6) is 4.67. The van der Waals surface area contributed by atoms with Gasteiger partial charge in [0.1, 0.15) is 6.61 Å². The van der Waals surface area contributed by atoms with Crippen LogP contribution in [0.5, 0.6) is 0 Å². The van der Waals surface area contributed by atoms with Crippen LogP contribution in [0, 0.1) is 0 Å². The van der Waals surface area contributed by atoms with Crippen LogP contribution < -0.4 is 16.6 Å². The van der Waals surface area contributed by atoms with Crippen molar-refractivity contribution in [3.05, 3.63) is 0 Å². The Morgan fingerprint density at radius 3 is 2.54 bits per heavy atom. The molecule has 0 saturated carbocycles. The fraction of sp³-hybridized carbons (Fsp3) is 0.800. The molecule has 2 amide bonds. The average molecular weight is 201 g/mol. The third kappa shape index (κ3) is 8.89. The smallest absolute Gasteiger partial charge is 0.370 e. The van der Waals surface area contributed by atoms with Gasteiger partial charge in [-0.15, -0.1) is 0 Å². The number of carbonyl (C=O) groups excluding carboxylic acids is 1. The lowest BCUT2D eigenvalue weighted by molar-refractivity contribution is -0.173. The number of rotatable bonds is 4. The summed E-state index contributed by atoms with van der Waals surface area (Å²) in [5.41, 5.74) is 1.74. The van der Waals surface area contributed by atoms with Gasteiger partial charge in [-0.1, -0.05) is 0 Å². The quantitative estimate of drug-likeness (QED) is 0.254. The van der Waals surface area contributed by atoms with Crippen molar-refractivity contribution in [1.82, 2.24) is 10.7 Å². The van der Waals surface area contributed by atoms with E-state index in [1.165, 1.54) is 0 Å². The number of amides is 2. The highest BCUT2D eigenvalue weighted by Crippen LogP contribution is 2.13. The minimum absolute atomic E-state index is 0.0287. The van der Waals surface area contributed by atoms with E-state index in [1.807, 2.05) is 0 Å². The van der Waals surface area contributed by atoms with Crippen LogP contribution in [-0.4, -0.2) is 32.0 Å². The molecule has 0 aromatic heterocycles. The Morgan fingerprint density at radius 2 is 2.08 bits per heavy atom. The molecule has 0 heterocycles. The lowest BCUT2D eigenvalue weighted by atomic mass is 10.6. The van der Waals surface area contributed by atoms with Crippen LogP contribution in [0.2, 0.25) is 0 Å². The standard InChI is InChI=1S/C5H10F3N3O2/c6-5(7,8)3-13-2-1-10-4(12)11-9/h1-3,9H2,(H2,10,11,12). The minimum atomic E-state index is -4.34. The predicted octanol–water partition coefficient (Wildman–Crippen LogP) is -0.262. The number of urea groups is 1. The summed E-state index contributed by atoms with van der Waals surface area (Å²) in [6.45, 7) is -1.56. The molecule has 0 atom stereocenters. The molecule has 78 valence electrons. The number of hydrazine groups is 1. The number of halogens is 3. The van der Waals surface area contributed by atoms with Gasteiger partial charge >= 0.3 is 12.2 Å². The van der Waals surface area contributed by atoms with Gasteiger partial charge in [0.05, 0.1) is 6.61 Å². The third-order valence-corrected chi connectivity index (χ3v) is 0.929. The summed E-state index contributed by atoms with van der Waals surface area (Å²) in [5, 5.41) is 2.15. The normalized spacial score (nSPS) is 11.1. The van der Waals surface area contributed by atoms with E-state index in [-0.39, 0.29) is 13.2 Å². The molecule has 0 saturated heterocycles. The van der Waals surface area contributed by atoms with Gasteiger partial charge in [-0.2, -0.15) is 13.2 Å². The fourth-order valence-electron chi connectivity index (χ4n) is 0.476. The molecule has 0 aliphatic carbocycles. The number of carbonyl (C=O) groups is 1. The van der Waals surface area contributed by atoms with E-state index in [1.54, 1.807) is 5.43 Å². The molecule has 0 aromatic rings. The number of nitrogens with one attached hydrogen (secondary N) is 2. The molecule has 0 unspecified atom stereocenters. The summed E-state index contributed by atoms with van der Waals surface area (Å²) < 4.78 is 38.6. The predicted molar refractivity (Wildman–Crippen MR) is 37.6 cm³/mol. The second-order valence-electron chi connectivity index (χ2n) is 2.07. The van der Waals surface area contributed by atoms with Crippen LogP contribution in [0.4, 0.5) is 18.0 Å². The summed E-state index contributed by atoms with van der Waals surface area (Å²) in [6.07, 6.45) is -4.34. The maximum Gasteiger partial charge on any atom is 0.411 e. The van der Waals surface area contributed by atoms with Gasteiger partial charge in [0, 0.05) is 6.54 Å². The lowest BCUT2D eigenvalue weighted by Gasteiger charge is -2.07. The van der Waals surface area contributed by atoms with Gasteiger partial charge in [0.25, 0.3) is 0 Å². The summed E-state index contributed by atoms with van der Waals surface area (Å²) in [6, 6.07) is -0.671. The first kappa shape index (κ1) is 12.0. The van der Waals surface area contributed by atoms with Crippen molar-refractivity contribution in [3.63, 3.8) is 0 Å². The molecule has 13 heavy (non-hydrogen) atoms. The molecule has 8 heteroatoms. The van der Waals surface area contributed by atoms with E-state index >= 15 is 0 Å². The Hall–Kier alpha value is -1.02. The van der Waals surface area contributed by atoms with Gasteiger partial charge in [-0.25, -0.2) is 10.6 Å². The van der Waals surface area contributed by atoms with E-state index in [4.69, 9.17) is 0 Å². The number of hydrogen-bond acceptors (Lipinski definition) is 3. The van der Waals surface area contributed by atoms with E-state index in [9.17, 15) is 18.0 Å². The number of hydrogen-bond donors (Lipinski definition) is 3. The van der Waals surface area contributed by atoms with Crippen molar-refractivity contribution in [3.8, 4) is 0 Å². The molecule has 0 radical (unpaired) electrons. The van der Waals surface area contributed by atoms with E-state index < -0.39 is 18.8 Å². The molecule has 0 spiro atoms. The number of ether oxygens (including phenoxy) is 1. The first-order chi connectivity index (χ1) is 5.95. The van der Waals surface area contributed by atoms with Crippen LogP contribution in [0.1, 0.15) is 0 Å². The van der Waals surface area contributed by atoms with Crippen molar-refractivity contribution in [2.75, 3.05) is 19.8 Å². The van der Waals surface area contributed by atoms with Crippen molar-refractivity contribution in [2.45, 2.75) is 6.18 Å². The molecular weight excluding hydrogens is 191 g/mol. The maximum absolute atomic E-state index is 11.5. The summed E-state index contributed by atoms with van der Waals surface area (Å²) >= 11 is 0. The summed E-state index contributed by atoms with van der Waals surface area (Å²) in [7, 11) is 0. The average Bonchev–Trinajstić information content (AvgIpc) is 2.01. The summed E-state index contributed by atoms with van der Waals surface area (Å²) in [4.78, 5) is 10.3. The van der Waals surface area contributed by atoms with Gasteiger partial charge < -0.3 is 10.1 Å². The first-order valence-corrected chi connectivity index (χ1v) is 3.34. The Balaban J connectivity index is 3.22.